The number of fused-ring (bicyclic) bond motifs is 5. The minimum atomic E-state index is 1.08. The smallest absolute Gasteiger partial charge is 0.0541 e. The lowest BCUT2D eigenvalue weighted by Gasteiger charge is -2.29. The van der Waals surface area contributed by atoms with Crippen LogP contribution in [0.3, 0.4) is 0 Å². The number of benzene rings is 10. The average molecular weight is 739 g/mol. The quantitative estimate of drug-likeness (QED) is 0.158. The second kappa shape index (κ2) is 14.1. The van der Waals surface area contributed by atoms with E-state index < -0.39 is 0 Å². The van der Waals surface area contributed by atoms with Gasteiger partial charge in [0.25, 0.3) is 0 Å². The Kier molecular flexibility index (Phi) is 8.19. The van der Waals surface area contributed by atoms with Gasteiger partial charge in [0.05, 0.1) is 16.7 Å². The number of anilines is 3. The lowest BCUT2D eigenvalue weighted by molar-refractivity contribution is 1.17. The maximum atomic E-state index is 2.45. The molecule has 1 aromatic heterocycles. The molecule has 10 aromatic carbocycles. The van der Waals surface area contributed by atoms with Crippen LogP contribution in [0.1, 0.15) is 0 Å². The molecule has 0 fully saturated rings. The van der Waals surface area contributed by atoms with Crippen LogP contribution in [0.2, 0.25) is 0 Å². The Labute approximate surface area is 338 Å². The van der Waals surface area contributed by atoms with E-state index in [9.17, 15) is 0 Å². The van der Waals surface area contributed by atoms with Gasteiger partial charge in [0.2, 0.25) is 0 Å². The van der Waals surface area contributed by atoms with Gasteiger partial charge in [0, 0.05) is 33.2 Å². The molecular weight excluding hydrogens is 701 g/mol. The molecule has 0 bridgehead atoms. The molecule has 0 spiro atoms. The minimum absolute atomic E-state index is 1.08. The van der Waals surface area contributed by atoms with Crippen molar-refractivity contribution in [1.29, 1.82) is 0 Å². The van der Waals surface area contributed by atoms with Crippen molar-refractivity contribution in [3.8, 4) is 39.1 Å². The highest BCUT2D eigenvalue weighted by molar-refractivity contribution is 6.10. The molecule has 0 aliphatic rings. The minimum Gasteiger partial charge on any atom is -0.310 e. The molecule has 0 unspecified atom stereocenters. The highest BCUT2D eigenvalue weighted by atomic mass is 15.1. The van der Waals surface area contributed by atoms with Gasteiger partial charge in [-0.3, -0.25) is 0 Å². The molecule has 58 heavy (non-hydrogen) atoms. The summed E-state index contributed by atoms with van der Waals surface area (Å²) in [4.78, 5) is 2.45. The van der Waals surface area contributed by atoms with Crippen molar-refractivity contribution in [2.45, 2.75) is 0 Å². The summed E-state index contributed by atoms with van der Waals surface area (Å²) in [5.74, 6) is 0. The summed E-state index contributed by atoms with van der Waals surface area (Å²) < 4.78 is 2.43. The van der Waals surface area contributed by atoms with E-state index in [4.69, 9.17) is 0 Å². The molecule has 0 saturated carbocycles. The summed E-state index contributed by atoms with van der Waals surface area (Å²) in [6, 6.07) is 83.9. The summed E-state index contributed by atoms with van der Waals surface area (Å²) in [6.45, 7) is 0. The van der Waals surface area contributed by atoms with E-state index in [1.165, 1.54) is 71.2 Å². The van der Waals surface area contributed by atoms with E-state index in [0.29, 0.717) is 0 Å². The van der Waals surface area contributed by atoms with Crippen LogP contribution in [0.25, 0.3) is 82.4 Å². The van der Waals surface area contributed by atoms with E-state index in [0.717, 1.165) is 28.3 Å². The first-order chi connectivity index (χ1) is 28.8. The van der Waals surface area contributed by atoms with Crippen molar-refractivity contribution in [3.05, 3.63) is 231 Å². The molecule has 0 aliphatic heterocycles. The summed E-state index contributed by atoms with van der Waals surface area (Å²) >= 11 is 0. The van der Waals surface area contributed by atoms with Crippen LogP contribution in [-0.2, 0) is 0 Å². The molecule has 1 heterocycles. The van der Waals surface area contributed by atoms with Crippen LogP contribution in [0.4, 0.5) is 17.1 Å². The molecule has 0 saturated heterocycles. The lowest BCUT2D eigenvalue weighted by Crippen LogP contribution is -2.12. The average Bonchev–Trinajstić information content (AvgIpc) is 3.64. The van der Waals surface area contributed by atoms with Gasteiger partial charge in [-0.05, 0) is 104 Å². The van der Waals surface area contributed by atoms with Crippen molar-refractivity contribution >= 4 is 60.4 Å². The van der Waals surface area contributed by atoms with E-state index in [2.05, 4.69) is 240 Å². The number of para-hydroxylation sites is 2. The van der Waals surface area contributed by atoms with Gasteiger partial charge in [0.1, 0.15) is 0 Å². The zero-order valence-corrected chi connectivity index (χ0v) is 31.8. The SMILES string of the molecule is c1ccc(-c2ccc(N(c3cc(-c4ccccc4)cc(-n4c5ccccc5c5ccccc54)c3)c3ccc(-c4ccc5ccccc5c4)c4ccccc34)cc2)cc1. The molecule has 0 N–H and O–H groups in total. The van der Waals surface area contributed by atoms with Gasteiger partial charge in [0.15, 0.2) is 0 Å². The largest absolute Gasteiger partial charge is 0.310 e. The topological polar surface area (TPSA) is 8.17 Å². The molecule has 11 aromatic rings. The predicted octanol–water partition coefficient (Wildman–Crippen LogP) is 15.6. The van der Waals surface area contributed by atoms with Gasteiger partial charge in [-0.15, -0.1) is 0 Å². The number of hydrogen-bond acceptors (Lipinski definition) is 1. The third kappa shape index (κ3) is 5.82. The van der Waals surface area contributed by atoms with Gasteiger partial charge in [-0.25, -0.2) is 0 Å². The number of aromatic nitrogens is 1. The second-order valence-corrected chi connectivity index (χ2v) is 15.0. The molecule has 0 radical (unpaired) electrons. The summed E-state index contributed by atoms with van der Waals surface area (Å²) in [5, 5.41) is 7.37. The molecule has 272 valence electrons. The number of hydrogen-bond donors (Lipinski definition) is 0. The summed E-state index contributed by atoms with van der Waals surface area (Å²) in [7, 11) is 0. The maximum Gasteiger partial charge on any atom is 0.0541 e. The van der Waals surface area contributed by atoms with Crippen molar-refractivity contribution in [2.75, 3.05) is 4.90 Å². The highest BCUT2D eigenvalue weighted by Gasteiger charge is 2.21. The Bertz CT molecular complexity index is 3220. The third-order valence-electron chi connectivity index (χ3n) is 11.5. The van der Waals surface area contributed by atoms with Crippen LogP contribution in [-0.4, -0.2) is 4.57 Å². The molecule has 0 amide bonds. The van der Waals surface area contributed by atoms with E-state index >= 15 is 0 Å². The molecular formula is C56H38N2. The molecule has 0 atom stereocenters. The Morgan fingerprint density at radius 2 is 0.828 bits per heavy atom. The van der Waals surface area contributed by atoms with Crippen LogP contribution >= 0.6 is 0 Å². The van der Waals surface area contributed by atoms with Crippen LogP contribution in [0, 0.1) is 0 Å². The van der Waals surface area contributed by atoms with Crippen molar-refractivity contribution in [2.24, 2.45) is 0 Å². The first-order valence-corrected chi connectivity index (χ1v) is 19.9. The lowest BCUT2D eigenvalue weighted by atomic mass is 9.94. The Morgan fingerprint density at radius 1 is 0.293 bits per heavy atom. The maximum absolute atomic E-state index is 2.45. The monoisotopic (exact) mass is 738 g/mol. The van der Waals surface area contributed by atoms with Crippen molar-refractivity contribution in [1.82, 2.24) is 4.57 Å². The number of rotatable bonds is 7. The summed E-state index contributed by atoms with van der Waals surface area (Å²) in [6.07, 6.45) is 0. The van der Waals surface area contributed by atoms with Gasteiger partial charge in [-0.2, -0.15) is 0 Å². The Morgan fingerprint density at radius 3 is 1.52 bits per heavy atom. The second-order valence-electron chi connectivity index (χ2n) is 15.0. The normalized spacial score (nSPS) is 11.4. The van der Waals surface area contributed by atoms with Gasteiger partial charge in [-0.1, -0.05) is 176 Å². The van der Waals surface area contributed by atoms with E-state index in [1.807, 2.05) is 0 Å². The molecule has 11 rings (SSSR count). The fraction of sp³-hybridized carbons (Fsp3) is 0. The van der Waals surface area contributed by atoms with Crippen molar-refractivity contribution in [3.63, 3.8) is 0 Å². The number of nitrogens with zero attached hydrogens (tertiary/aromatic N) is 2. The zero-order chi connectivity index (χ0) is 38.4. The van der Waals surface area contributed by atoms with Gasteiger partial charge < -0.3 is 9.47 Å². The fourth-order valence-electron chi connectivity index (χ4n) is 8.80. The van der Waals surface area contributed by atoms with Crippen LogP contribution in [0.15, 0.2) is 231 Å². The van der Waals surface area contributed by atoms with Gasteiger partial charge >= 0.3 is 0 Å². The Balaban J connectivity index is 1.18. The van der Waals surface area contributed by atoms with Crippen LogP contribution in [0.5, 0.6) is 0 Å². The first-order valence-electron chi connectivity index (χ1n) is 19.9. The van der Waals surface area contributed by atoms with E-state index in [1.54, 1.807) is 0 Å². The van der Waals surface area contributed by atoms with E-state index in [-0.39, 0.29) is 0 Å². The zero-order valence-electron chi connectivity index (χ0n) is 31.8. The predicted molar refractivity (Wildman–Crippen MR) is 247 cm³/mol. The fourth-order valence-corrected chi connectivity index (χ4v) is 8.80. The van der Waals surface area contributed by atoms with Crippen molar-refractivity contribution < 1.29 is 0 Å². The molecule has 2 heteroatoms. The molecule has 0 aliphatic carbocycles. The standard InChI is InChI=1S/C56H38N2/c1-3-15-39(16-4-1)42-29-31-46(32-30-42)57(56-34-33-49(50-21-9-10-22-51(50)56)44-28-27-41-19-7-8-20-43(41)35-44)47-36-45(40-17-5-2-6-18-40)37-48(38-47)58-54-25-13-11-23-52(54)53-24-12-14-26-55(53)58/h1-38H. The highest BCUT2D eigenvalue weighted by Crippen LogP contribution is 2.45. The first kappa shape index (κ1) is 33.6. The molecule has 2 nitrogen and oxygen atoms in total. The third-order valence-corrected chi connectivity index (χ3v) is 11.5. The Hall–Kier alpha value is -7.68. The summed E-state index contributed by atoms with van der Waals surface area (Å²) in [5.41, 5.74) is 13.9. The van der Waals surface area contributed by atoms with Crippen LogP contribution < -0.4 is 4.90 Å².